The SMILES string of the molecule is CCC/C=C/CCCCCCCCCCCCCO[C@@H](CO)[C@@H]1OC[C@@H](O)[C@@H]1O. The molecular weight excluding hydrogens is 368 g/mol. The van der Waals surface area contributed by atoms with E-state index in [1.165, 1.54) is 77.0 Å². The molecule has 0 aromatic heterocycles. The molecule has 0 saturated carbocycles. The van der Waals surface area contributed by atoms with Crippen LogP contribution < -0.4 is 0 Å². The van der Waals surface area contributed by atoms with E-state index in [2.05, 4.69) is 19.1 Å². The van der Waals surface area contributed by atoms with Gasteiger partial charge in [-0.2, -0.15) is 0 Å². The summed E-state index contributed by atoms with van der Waals surface area (Å²) >= 11 is 0. The number of aliphatic hydroxyl groups excluding tert-OH is 3. The zero-order valence-corrected chi connectivity index (χ0v) is 18.6. The van der Waals surface area contributed by atoms with Crippen LogP contribution in [0.25, 0.3) is 0 Å². The van der Waals surface area contributed by atoms with E-state index in [1.807, 2.05) is 0 Å². The van der Waals surface area contributed by atoms with Crippen molar-refractivity contribution in [1.29, 1.82) is 0 Å². The molecule has 5 heteroatoms. The number of allylic oxidation sites excluding steroid dienone is 2. The maximum absolute atomic E-state index is 9.83. The van der Waals surface area contributed by atoms with Gasteiger partial charge in [-0.25, -0.2) is 0 Å². The third kappa shape index (κ3) is 12.7. The summed E-state index contributed by atoms with van der Waals surface area (Å²) in [4.78, 5) is 0. The third-order valence-electron chi connectivity index (χ3n) is 5.71. The topological polar surface area (TPSA) is 79.2 Å². The van der Waals surface area contributed by atoms with Gasteiger partial charge in [0, 0.05) is 6.61 Å². The standard InChI is InChI=1S/C24H46O5/c1-2-3-4-5-6-7-8-9-10-11-12-13-14-15-16-17-18-28-22(19-25)24-23(27)21(26)20-29-24/h4-5,21-27H,2-3,6-20H2,1H3/b5-4+/t21-,22+,23+,24+/m1/s1. The molecule has 0 bridgehead atoms. The highest BCUT2D eigenvalue weighted by Gasteiger charge is 2.40. The molecule has 0 unspecified atom stereocenters. The van der Waals surface area contributed by atoms with Gasteiger partial charge in [0.25, 0.3) is 0 Å². The molecule has 1 aliphatic heterocycles. The van der Waals surface area contributed by atoms with Crippen LogP contribution in [-0.2, 0) is 9.47 Å². The lowest BCUT2D eigenvalue weighted by Crippen LogP contribution is -2.42. The summed E-state index contributed by atoms with van der Waals surface area (Å²) in [6.07, 6.45) is 19.4. The zero-order valence-electron chi connectivity index (χ0n) is 18.6. The Morgan fingerprint density at radius 3 is 1.93 bits per heavy atom. The predicted molar refractivity (Wildman–Crippen MR) is 118 cm³/mol. The summed E-state index contributed by atoms with van der Waals surface area (Å²) < 4.78 is 11.0. The Labute approximate surface area is 178 Å². The number of unbranched alkanes of at least 4 members (excludes halogenated alkanes) is 12. The van der Waals surface area contributed by atoms with Crippen molar-refractivity contribution in [2.75, 3.05) is 19.8 Å². The van der Waals surface area contributed by atoms with E-state index in [0.29, 0.717) is 6.61 Å². The van der Waals surface area contributed by atoms with E-state index < -0.39 is 24.4 Å². The van der Waals surface area contributed by atoms with Crippen LogP contribution in [0.3, 0.4) is 0 Å². The summed E-state index contributed by atoms with van der Waals surface area (Å²) in [5, 5.41) is 28.8. The molecule has 172 valence electrons. The smallest absolute Gasteiger partial charge is 0.114 e. The van der Waals surface area contributed by atoms with Gasteiger partial charge < -0.3 is 24.8 Å². The normalized spacial score (nSPS) is 23.2. The molecule has 1 fully saturated rings. The molecule has 1 aliphatic rings. The number of hydrogen-bond acceptors (Lipinski definition) is 5. The number of ether oxygens (including phenoxy) is 2. The molecule has 0 radical (unpaired) electrons. The predicted octanol–water partition coefficient (Wildman–Crippen LogP) is 4.52. The number of hydrogen-bond donors (Lipinski definition) is 3. The largest absolute Gasteiger partial charge is 0.394 e. The van der Waals surface area contributed by atoms with E-state index in [9.17, 15) is 15.3 Å². The van der Waals surface area contributed by atoms with Gasteiger partial charge in [0.05, 0.1) is 13.2 Å². The first-order valence-corrected chi connectivity index (χ1v) is 12.1. The van der Waals surface area contributed by atoms with Gasteiger partial charge in [0.1, 0.15) is 24.4 Å². The molecule has 29 heavy (non-hydrogen) atoms. The van der Waals surface area contributed by atoms with Gasteiger partial charge in [-0.1, -0.05) is 83.3 Å². The lowest BCUT2D eigenvalue weighted by molar-refractivity contribution is -0.101. The lowest BCUT2D eigenvalue weighted by Gasteiger charge is -2.24. The first-order valence-electron chi connectivity index (χ1n) is 12.1. The Kier molecular flexibility index (Phi) is 16.8. The van der Waals surface area contributed by atoms with Crippen LogP contribution in [0.4, 0.5) is 0 Å². The van der Waals surface area contributed by atoms with Crippen molar-refractivity contribution in [3.05, 3.63) is 12.2 Å². The molecule has 1 rings (SSSR count). The number of aliphatic hydroxyl groups is 3. The summed E-state index contributed by atoms with van der Waals surface area (Å²) in [6.45, 7) is 2.67. The first kappa shape index (κ1) is 26.6. The summed E-state index contributed by atoms with van der Waals surface area (Å²) in [5.41, 5.74) is 0. The van der Waals surface area contributed by atoms with Crippen LogP contribution in [-0.4, -0.2) is 59.6 Å². The lowest BCUT2D eigenvalue weighted by atomic mass is 10.0. The fourth-order valence-corrected chi connectivity index (χ4v) is 3.80. The molecule has 0 aliphatic carbocycles. The maximum atomic E-state index is 9.83. The second-order valence-corrected chi connectivity index (χ2v) is 8.39. The summed E-state index contributed by atoms with van der Waals surface area (Å²) in [5.74, 6) is 0. The summed E-state index contributed by atoms with van der Waals surface area (Å²) in [7, 11) is 0. The van der Waals surface area contributed by atoms with Gasteiger partial charge >= 0.3 is 0 Å². The van der Waals surface area contributed by atoms with Crippen molar-refractivity contribution in [2.45, 2.75) is 121 Å². The number of rotatable bonds is 19. The third-order valence-corrected chi connectivity index (χ3v) is 5.71. The fraction of sp³-hybridized carbons (Fsp3) is 0.917. The quantitative estimate of drug-likeness (QED) is 0.214. The van der Waals surface area contributed by atoms with Gasteiger partial charge in [-0.05, 0) is 25.7 Å². The Balaban J connectivity index is 1.83. The van der Waals surface area contributed by atoms with Crippen LogP contribution >= 0.6 is 0 Å². The summed E-state index contributed by atoms with van der Waals surface area (Å²) in [6, 6.07) is 0. The fourth-order valence-electron chi connectivity index (χ4n) is 3.80. The molecular formula is C24H46O5. The molecule has 0 aromatic carbocycles. The van der Waals surface area contributed by atoms with Crippen LogP contribution in [0.1, 0.15) is 96.8 Å². The Morgan fingerprint density at radius 1 is 0.862 bits per heavy atom. The molecule has 0 aromatic rings. The minimum absolute atomic E-state index is 0.0993. The molecule has 0 spiro atoms. The van der Waals surface area contributed by atoms with Crippen LogP contribution in [0.5, 0.6) is 0 Å². The van der Waals surface area contributed by atoms with Crippen LogP contribution in [0.2, 0.25) is 0 Å². The second-order valence-electron chi connectivity index (χ2n) is 8.39. The molecule has 3 N–H and O–H groups in total. The van der Waals surface area contributed by atoms with E-state index in [1.54, 1.807) is 0 Å². The molecule has 1 saturated heterocycles. The molecule has 5 nitrogen and oxygen atoms in total. The maximum Gasteiger partial charge on any atom is 0.114 e. The van der Waals surface area contributed by atoms with Gasteiger partial charge in [0.2, 0.25) is 0 Å². The minimum atomic E-state index is -0.977. The van der Waals surface area contributed by atoms with Crippen LogP contribution in [0.15, 0.2) is 12.2 Å². The molecule has 0 amide bonds. The highest BCUT2D eigenvalue weighted by Crippen LogP contribution is 2.20. The van der Waals surface area contributed by atoms with Crippen LogP contribution in [0, 0.1) is 0 Å². The van der Waals surface area contributed by atoms with Gasteiger partial charge in [-0.3, -0.25) is 0 Å². The highest BCUT2D eigenvalue weighted by atomic mass is 16.6. The van der Waals surface area contributed by atoms with E-state index in [-0.39, 0.29) is 13.2 Å². The van der Waals surface area contributed by atoms with E-state index in [0.717, 1.165) is 12.8 Å². The van der Waals surface area contributed by atoms with E-state index in [4.69, 9.17) is 9.47 Å². The highest BCUT2D eigenvalue weighted by molar-refractivity contribution is 4.88. The van der Waals surface area contributed by atoms with Crippen molar-refractivity contribution < 1.29 is 24.8 Å². The Morgan fingerprint density at radius 2 is 1.41 bits per heavy atom. The monoisotopic (exact) mass is 414 g/mol. The van der Waals surface area contributed by atoms with Crippen molar-refractivity contribution in [3.8, 4) is 0 Å². The van der Waals surface area contributed by atoms with Gasteiger partial charge in [-0.15, -0.1) is 0 Å². The van der Waals surface area contributed by atoms with Crippen molar-refractivity contribution in [1.82, 2.24) is 0 Å². The average molecular weight is 415 g/mol. The van der Waals surface area contributed by atoms with Crippen molar-refractivity contribution >= 4 is 0 Å². The van der Waals surface area contributed by atoms with Crippen molar-refractivity contribution in [3.63, 3.8) is 0 Å². The van der Waals surface area contributed by atoms with Crippen molar-refractivity contribution in [2.24, 2.45) is 0 Å². The molecule has 1 heterocycles. The molecule has 4 atom stereocenters. The minimum Gasteiger partial charge on any atom is -0.394 e. The van der Waals surface area contributed by atoms with Gasteiger partial charge in [0.15, 0.2) is 0 Å². The van der Waals surface area contributed by atoms with E-state index >= 15 is 0 Å². The second kappa shape index (κ2) is 18.3. The Bertz CT molecular complexity index is 387. The Hall–Kier alpha value is -0.460. The zero-order chi connectivity index (χ0) is 21.2. The average Bonchev–Trinajstić information content (AvgIpc) is 3.06. The first-order chi connectivity index (χ1) is 14.2.